The summed E-state index contributed by atoms with van der Waals surface area (Å²) in [5.41, 5.74) is 0.876. The monoisotopic (exact) mass is 334 g/mol. The first kappa shape index (κ1) is 16.8. The zero-order valence-corrected chi connectivity index (χ0v) is 13.7. The highest BCUT2D eigenvalue weighted by molar-refractivity contribution is 7.12. The number of rotatable bonds is 7. The second kappa shape index (κ2) is 8.19. The Morgan fingerprint density at radius 3 is 2.52 bits per heavy atom. The molecule has 0 bridgehead atoms. The molecule has 2 rings (SSSR count). The summed E-state index contributed by atoms with van der Waals surface area (Å²) in [6.45, 7) is 0.276. The van der Waals surface area contributed by atoms with E-state index in [2.05, 4.69) is 10.6 Å². The molecule has 2 amide bonds. The van der Waals surface area contributed by atoms with Crippen LogP contribution in [0.5, 0.6) is 11.5 Å². The number of methoxy groups -OCH3 is 2. The molecular weight excluding hydrogens is 316 g/mol. The molecule has 1 aromatic heterocycles. The van der Waals surface area contributed by atoms with Crippen LogP contribution in [0.3, 0.4) is 0 Å². The third-order valence-electron chi connectivity index (χ3n) is 3.09. The Kier molecular flexibility index (Phi) is 5.99. The highest BCUT2D eigenvalue weighted by Gasteiger charge is 2.09. The number of amides is 2. The van der Waals surface area contributed by atoms with E-state index in [9.17, 15) is 9.59 Å². The van der Waals surface area contributed by atoms with Crippen molar-refractivity contribution in [2.24, 2.45) is 0 Å². The lowest BCUT2D eigenvalue weighted by Crippen LogP contribution is -2.36. The predicted octanol–water partition coefficient (Wildman–Crippen LogP) is 1.81. The van der Waals surface area contributed by atoms with Crippen molar-refractivity contribution in [1.82, 2.24) is 10.6 Å². The van der Waals surface area contributed by atoms with Crippen LogP contribution < -0.4 is 20.1 Å². The lowest BCUT2D eigenvalue weighted by atomic mass is 10.2. The molecule has 0 aliphatic carbocycles. The summed E-state index contributed by atoms with van der Waals surface area (Å²) in [6.07, 6.45) is 0. The van der Waals surface area contributed by atoms with Crippen molar-refractivity contribution in [3.63, 3.8) is 0 Å². The molecule has 0 saturated heterocycles. The Morgan fingerprint density at radius 2 is 1.87 bits per heavy atom. The lowest BCUT2D eigenvalue weighted by Gasteiger charge is -2.10. The Balaban J connectivity index is 1.81. The van der Waals surface area contributed by atoms with Crippen LogP contribution in [0.2, 0.25) is 0 Å². The molecule has 1 aromatic carbocycles. The van der Waals surface area contributed by atoms with Gasteiger partial charge in [-0.15, -0.1) is 11.3 Å². The summed E-state index contributed by atoms with van der Waals surface area (Å²) in [5, 5.41) is 7.13. The molecule has 0 aliphatic heterocycles. The molecule has 122 valence electrons. The molecule has 7 heteroatoms. The average Bonchev–Trinajstić information content (AvgIpc) is 3.12. The maximum atomic E-state index is 11.8. The summed E-state index contributed by atoms with van der Waals surface area (Å²) >= 11 is 1.33. The summed E-state index contributed by atoms with van der Waals surface area (Å²) < 4.78 is 10.4. The van der Waals surface area contributed by atoms with Gasteiger partial charge in [0, 0.05) is 6.54 Å². The van der Waals surface area contributed by atoms with Crippen LogP contribution in [0.1, 0.15) is 15.2 Å². The number of ether oxygens (including phenoxy) is 2. The van der Waals surface area contributed by atoms with Gasteiger partial charge in [0.15, 0.2) is 11.5 Å². The predicted molar refractivity (Wildman–Crippen MR) is 88.0 cm³/mol. The quantitative estimate of drug-likeness (QED) is 0.810. The topological polar surface area (TPSA) is 76.7 Å². The van der Waals surface area contributed by atoms with E-state index < -0.39 is 0 Å². The van der Waals surface area contributed by atoms with Crippen LogP contribution in [-0.4, -0.2) is 32.6 Å². The molecule has 2 N–H and O–H groups in total. The van der Waals surface area contributed by atoms with E-state index in [1.807, 2.05) is 11.4 Å². The van der Waals surface area contributed by atoms with Crippen molar-refractivity contribution >= 4 is 23.2 Å². The molecule has 23 heavy (non-hydrogen) atoms. The van der Waals surface area contributed by atoms with Crippen LogP contribution in [0, 0.1) is 0 Å². The summed E-state index contributed by atoms with van der Waals surface area (Å²) in [4.78, 5) is 24.1. The van der Waals surface area contributed by atoms with Gasteiger partial charge in [0.05, 0.1) is 25.6 Å². The second-order valence-corrected chi connectivity index (χ2v) is 5.57. The number of thiophene rings is 1. The van der Waals surface area contributed by atoms with Crippen LogP contribution in [0.15, 0.2) is 35.7 Å². The van der Waals surface area contributed by atoms with Crippen molar-refractivity contribution in [1.29, 1.82) is 0 Å². The van der Waals surface area contributed by atoms with Gasteiger partial charge in [-0.3, -0.25) is 9.59 Å². The van der Waals surface area contributed by atoms with E-state index in [1.165, 1.54) is 11.3 Å². The summed E-state index contributed by atoms with van der Waals surface area (Å²) in [7, 11) is 3.12. The largest absolute Gasteiger partial charge is 0.493 e. The van der Waals surface area contributed by atoms with E-state index in [-0.39, 0.29) is 18.4 Å². The van der Waals surface area contributed by atoms with E-state index >= 15 is 0 Å². The highest BCUT2D eigenvalue weighted by atomic mass is 32.1. The van der Waals surface area contributed by atoms with Crippen molar-refractivity contribution < 1.29 is 19.1 Å². The molecule has 0 fully saturated rings. The third-order valence-corrected chi connectivity index (χ3v) is 3.96. The average molecular weight is 334 g/mol. The van der Waals surface area contributed by atoms with Gasteiger partial charge in [0.1, 0.15) is 0 Å². The van der Waals surface area contributed by atoms with E-state index in [0.29, 0.717) is 22.9 Å². The zero-order chi connectivity index (χ0) is 16.7. The van der Waals surface area contributed by atoms with Gasteiger partial charge < -0.3 is 20.1 Å². The first-order valence-corrected chi connectivity index (χ1v) is 7.81. The fourth-order valence-electron chi connectivity index (χ4n) is 1.91. The van der Waals surface area contributed by atoms with Crippen LogP contribution in [0.25, 0.3) is 0 Å². The van der Waals surface area contributed by atoms with Gasteiger partial charge >= 0.3 is 0 Å². The molecule has 6 nitrogen and oxygen atoms in total. The van der Waals surface area contributed by atoms with E-state index in [1.54, 1.807) is 38.5 Å². The Labute approximate surface area is 138 Å². The minimum absolute atomic E-state index is 0.0655. The molecule has 1 heterocycles. The first-order valence-electron chi connectivity index (χ1n) is 6.93. The lowest BCUT2D eigenvalue weighted by molar-refractivity contribution is -0.120. The van der Waals surface area contributed by atoms with Crippen molar-refractivity contribution in [2.45, 2.75) is 6.54 Å². The maximum Gasteiger partial charge on any atom is 0.261 e. The molecule has 2 aromatic rings. The number of hydrogen-bond acceptors (Lipinski definition) is 5. The van der Waals surface area contributed by atoms with Gasteiger partial charge in [0.2, 0.25) is 5.91 Å². The second-order valence-electron chi connectivity index (χ2n) is 4.63. The Morgan fingerprint density at radius 1 is 1.09 bits per heavy atom. The number of carbonyl (C=O) groups excluding carboxylic acids is 2. The molecule has 0 aliphatic rings. The van der Waals surface area contributed by atoms with Crippen LogP contribution in [0.4, 0.5) is 0 Å². The fourth-order valence-corrected chi connectivity index (χ4v) is 2.55. The van der Waals surface area contributed by atoms with Crippen molar-refractivity contribution in [3.05, 3.63) is 46.2 Å². The van der Waals surface area contributed by atoms with Crippen LogP contribution in [-0.2, 0) is 11.3 Å². The summed E-state index contributed by atoms with van der Waals surface area (Å²) in [5.74, 6) is 0.724. The number of nitrogens with one attached hydrogen (secondary N) is 2. The number of hydrogen-bond donors (Lipinski definition) is 2. The Bertz CT molecular complexity index is 671. The SMILES string of the molecule is COc1ccc(CNC(=O)CNC(=O)c2cccs2)cc1OC. The minimum atomic E-state index is -0.260. The maximum absolute atomic E-state index is 11.8. The van der Waals surface area contributed by atoms with E-state index in [0.717, 1.165) is 5.56 Å². The fraction of sp³-hybridized carbons (Fsp3) is 0.250. The normalized spacial score (nSPS) is 10.0. The van der Waals surface area contributed by atoms with Crippen molar-refractivity contribution in [2.75, 3.05) is 20.8 Å². The van der Waals surface area contributed by atoms with Gasteiger partial charge in [0.25, 0.3) is 5.91 Å². The third kappa shape index (κ3) is 4.72. The van der Waals surface area contributed by atoms with Crippen molar-refractivity contribution in [3.8, 4) is 11.5 Å². The number of carbonyl (C=O) groups is 2. The van der Waals surface area contributed by atoms with Crippen LogP contribution >= 0.6 is 11.3 Å². The standard InChI is InChI=1S/C16H18N2O4S/c1-21-12-6-5-11(8-13(12)22-2)9-17-15(19)10-18-16(20)14-4-3-7-23-14/h3-8H,9-10H2,1-2H3,(H,17,19)(H,18,20). The molecular formula is C16H18N2O4S. The number of benzene rings is 1. The van der Waals surface area contributed by atoms with E-state index in [4.69, 9.17) is 9.47 Å². The molecule has 0 radical (unpaired) electrons. The molecule has 0 spiro atoms. The summed E-state index contributed by atoms with van der Waals surface area (Å²) in [6, 6.07) is 8.91. The molecule has 0 unspecified atom stereocenters. The van der Waals surface area contributed by atoms with Gasteiger partial charge in [-0.2, -0.15) is 0 Å². The highest BCUT2D eigenvalue weighted by Crippen LogP contribution is 2.27. The minimum Gasteiger partial charge on any atom is -0.493 e. The van der Waals surface area contributed by atoms with Gasteiger partial charge in [-0.25, -0.2) is 0 Å². The first-order chi connectivity index (χ1) is 11.1. The molecule has 0 saturated carbocycles. The smallest absolute Gasteiger partial charge is 0.261 e. The van der Waals surface area contributed by atoms with Gasteiger partial charge in [-0.1, -0.05) is 12.1 Å². The molecule has 0 atom stereocenters. The van der Waals surface area contributed by atoms with Gasteiger partial charge in [-0.05, 0) is 29.1 Å². The Hall–Kier alpha value is -2.54. The zero-order valence-electron chi connectivity index (χ0n) is 12.9.